The Labute approximate surface area is 83.3 Å². The van der Waals surface area contributed by atoms with Crippen LogP contribution in [0.5, 0.6) is 17.2 Å². The molecule has 14 heavy (non-hydrogen) atoms. The summed E-state index contributed by atoms with van der Waals surface area (Å²) < 4.78 is 10.1. The molecule has 0 amide bonds. The highest BCUT2D eigenvalue weighted by atomic mass is 16.5. The van der Waals surface area contributed by atoms with Crippen molar-refractivity contribution in [1.82, 2.24) is 0 Å². The van der Waals surface area contributed by atoms with E-state index in [2.05, 4.69) is 0 Å². The molecule has 0 heterocycles. The van der Waals surface area contributed by atoms with Crippen LogP contribution in [0.4, 0.5) is 0 Å². The monoisotopic (exact) mass is 197 g/mol. The molecule has 1 aromatic rings. The summed E-state index contributed by atoms with van der Waals surface area (Å²) >= 11 is 0. The third kappa shape index (κ3) is 1.90. The van der Waals surface area contributed by atoms with Crippen LogP contribution in [0, 0.1) is 0 Å². The minimum Gasteiger partial charge on any atom is -0.504 e. The van der Waals surface area contributed by atoms with E-state index >= 15 is 0 Å². The lowest BCUT2D eigenvalue weighted by Crippen LogP contribution is -2.07. The van der Waals surface area contributed by atoms with Gasteiger partial charge in [-0.05, 0) is 13.0 Å². The van der Waals surface area contributed by atoms with Crippen LogP contribution in [0.2, 0.25) is 0 Å². The molecule has 1 aromatic carbocycles. The van der Waals surface area contributed by atoms with Gasteiger partial charge in [0.15, 0.2) is 11.5 Å². The molecule has 0 aromatic heterocycles. The van der Waals surface area contributed by atoms with Gasteiger partial charge in [0.2, 0.25) is 0 Å². The molecule has 0 fully saturated rings. The van der Waals surface area contributed by atoms with Crippen LogP contribution in [0.25, 0.3) is 0 Å². The van der Waals surface area contributed by atoms with Crippen molar-refractivity contribution in [3.05, 3.63) is 17.7 Å². The Hall–Kier alpha value is -1.42. The van der Waals surface area contributed by atoms with Gasteiger partial charge in [0, 0.05) is 17.7 Å². The van der Waals surface area contributed by atoms with Gasteiger partial charge in [0.25, 0.3) is 0 Å². The Kier molecular flexibility index (Phi) is 3.19. The maximum absolute atomic E-state index is 9.48. The molecule has 0 radical (unpaired) electrons. The van der Waals surface area contributed by atoms with Crippen molar-refractivity contribution in [3.8, 4) is 17.2 Å². The Morgan fingerprint density at radius 2 is 1.79 bits per heavy atom. The van der Waals surface area contributed by atoms with Crippen molar-refractivity contribution in [3.63, 3.8) is 0 Å². The van der Waals surface area contributed by atoms with Crippen LogP contribution in [0.3, 0.4) is 0 Å². The van der Waals surface area contributed by atoms with Gasteiger partial charge in [-0.2, -0.15) is 0 Å². The topological polar surface area (TPSA) is 64.7 Å². The number of phenols is 1. The fourth-order valence-corrected chi connectivity index (χ4v) is 1.26. The standard InChI is InChI=1S/C10H15NO3/c1-6(11)7-4-10(14-3)8(12)5-9(7)13-2/h4-6,12H,11H2,1-3H3. The summed E-state index contributed by atoms with van der Waals surface area (Å²) in [6.45, 7) is 1.84. The lowest BCUT2D eigenvalue weighted by atomic mass is 10.1. The first kappa shape index (κ1) is 10.7. The number of phenolic OH excluding ortho intramolecular Hbond substituents is 1. The Bertz CT molecular complexity index is 323. The highest BCUT2D eigenvalue weighted by Gasteiger charge is 2.12. The van der Waals surface area contributed by atoms with Crippen LogP contribution in [0.15, 0.2) is 12.1 Å². The van der Waals surface area contributed by atoms with Crippen LogP contribution < -0.4 is 15.2 Å². The van der Waals surface area contributed by atoms with Gasteiger partial charge >= 0.3 is 0 Å². The zero-order valence-corrected chi connectivity index (χ0v) is 8.57. The highest BCUT2D eigenvalue weighted by Crippen LogP contribution is 2.35. The van der Waals surface area contributed by atoms with E-state index in [-0.39, 0.29) is 11.8 Å². The highest BCUT2D eigenvalue weighted by molar-refractivity contribution is 5.50. The molecule has 78 valence electrons. The molecule has 4 heteroatoms. The molecule has 1 rings (SSSR count). The summed E-state index contributed by atoms with van der Waals surface area (Å²) in [7, 11) is 3.03. The third-order valence-corrected chi connectivity index (χ3v) is 2.02. The van der Waals surface area contributed by atoms with Crippen LogP contribution in [0.1, 0.15) is 18.5 Å². The summed E-state index contributed by atoms with van der Waals surface area (Å²) in [5.74, 6) is 1.02. The van der Waals surface area contributed by atoms with E-state index in [0.29, 0.717) is 11.5 Å². The summed E-state index contributed by atoms with van der Waals surface area (Å²) in [4.78, 5) is 0. The quantitative estimate of drug-likeness (QED) is 0.769. The number of ether oxygens (including phenoxy) is 2. The Morgan fingerprint density at radius 1 is 1.21 bits per heavy atom. The van der Waals surface area contributed by atoms with Gasteiger partial charge < -0.3 is 20.3 Å². The molecule has 3 N–H and O–H groups in total. The lowest BCUT2D eigenvalue weighted by molar-refractivity contribution is 0.362. The van der Waals surface area contributed by atoms with Gasteiger partial charge in [0.05, 0.1) is 14.2 Å². The van der Waals surface area contributed by atoms with E-state index in [9.17, 15) is 5.11 Å². The largest absolute Gasteiger partial charge is 0.504 e. The summed E-state index contributed by atoms with van der Waals surface area (Å²) in [6, 6.07) is 3.01. The normalized spacial score (nSPS) is 12.3. The maximum Gasteiger partial charge on any atom is 0.161 e. The SMILES string of the molecule is COc1cc(C(C)N)c(OC)cc1O. The predicted molar refractivity (Wildman–Crippen MR) is 53.8 cm³/mol. The van der Waals surface area contributed by atoms with E-state index in [0.717, 1.165) is 5.56 Å². The number of rotatable bonds is 3. The van der Waals surface area contributed by atoms with Gasteiger partial charge in [-0.25, -0.2) is 0 Å². The van der Waals surface area contributed by atoms with Crippen molar-refractivity contribution < 1.29 is 14.6 Å². The van der Waals surface area contributed by atoms with E-state index in [1.807, 2.05) is 6.92 Å². The average Bonchev–Trinajstić information content (AvgIpc) is 2.16. The van der Waals surface area contributed by atoms with Gasteiger partial charge in [-0.1, -0.05) is 0 Å². The van der Waals surface area contributed by atoms with Gasteiger partial charge in [-0.3, -0.25) is 0 Å². The minimum atomic E-state index is -0.167. The second-order valence-corrected chi connectivity index (χ2v) is 3.05. The summed E-state index contributed by atoms with van der Waals surface area (Å²) in [6.07, 6.45) is 0. The third-order valence-electron chi connectivity index (χ3n) is 2.02. The van der Waals surface area contributed by atoms with E-state index in [4.69, 9.17) is 15.2 Å². The summed E-state index contributed by atoms with van der Waals surface area (Å²) in [5, 5.41) is 9.48. The molecule has 0 saturated carbocycles. The van der Waals surface area contributed by atoms with Gasteiger partial charge in [-0.15, -0.1) is 0 Å². The number of methoxy groups -OCH3 is 2. The molecular formula is C10H15NO3. The number of hydrogen-bond donors (Lipinski definition) is 2. The smallest absolute Gasteiger partial charge is 0.161 e. The first-order valence-electron chi connectivity index (χ1n) is 4.30. The second-order valence-electron chi connectivity index (χ2n) is 3.05. The molecule has 0 bridgehead atoms. The van der Waals surface area contributed by atoms with E-state index in [1.54, 1.807) is 6.07 Å². The maximum atomic E-state index is 9.48. The minimum absolute atomic E-state index is 0.0498. The fourth-order valence-electron chi connectivity index (χ4n) is 1.26. The molecule has 1 atom stereocenters. The fraction of sp³-hybridized carbons (Fsp3) is 0.400. The number of aromatic hydroxyl groups is 1. The molecule has 0 aliphatic carbocycles. The van der Waals surface area contributed by atoms with E-state index < -0.39 is 0 Å². The van der Waals surface area contributed by atoms with Crippen molar-refractivity contribution in [1.29, 1.82) is 0 Å². The Balaban J connectivity index is 3.25. The molecule has 0 spiro atoms. The van der Waals surface area contributed by atoms with Crippen molar-refractivity contribution in [2.75, 3.05) is 14.2 Å². The lowest BCUT2D eigenvalue weighted by Gasteiger charge is -2.14. The van der Waals surface area contributed by atoms with Gasteiger partial charge in [0.1, 0.15) is 5.75 Å². The van der Waals surface area contributed by atoms with Crippen LogP contribution >= 0.6 is 0 Å². The molecule has 0 saturated heterocycles. The first-order valence-corrected chi connectivity index (χ1v) is 4.30. The zero-order chi connectivity index (χ0) is 10.7. The number of nitrogens with two attached hydrogens (primary N) is 1. The molecular weight excluding hydrogens is 182 g/mol. The summed E-state index contributed by atoms with van der Waals surface area (Å²) in [5.41, 5.74) is 6.55. The van der Waals surface area contributed by atoms with Crippen molar-refractivity contribution >= 4 is 0 Å². The number of benzene rings is 1. The number of hydrogen-bond acceptors (Lipinski definition) is 4. The molecule has 1 unspecified atom stereocenters. The predicted octanol–water partition coefficient (Wildman–Crippen LogP) is 1.43. The second kappa shape index (κ2) is 4.19. The van der Waals surface area contributed by atoms with Crippen LogP contribution in [-0.4, -0.2) is 19.3 Å². The van der Waals surface area contributed by atoms with Crippen molar-refractivity contribution in [2.24, 2.45) is 5.73 Å². The molecule has 0 aliphatic heterocycles. The average molecular weight is 197 g/mol. The molecule has 0 aliphatic rings. The van der Waals surface area contributed by atoms with E-state index in [1.165, 1.54) is 20.3 Å². The first-order chi connectivity index (χ1) is 6.60. The zero-order valence-electron chi connectivity index (χ0n) is 8.57. The van der Waals surface area contributed by atoms with Crippen molar-refractivity contribution in [2.45, 2.75) is 13.0 Å². The Morgan fingerprint density at radius 3 is 2.21 bits per heavy atom. The molecule has 4 nitrogen and oxygen atoms in total. The van der Waals surface area contributed by atoms with Crippen LogP contribution in [-0.2, 0) is 0 Å².